The van der Waals surface area contributed by atoms with Gasteiger partial charge in [-0.05, 0) is 24.3 Å². The predicted molar refractivity (Wildman–Crippen MR) is 85.3 cm³/mol. The van der Waals surface area contributed by atoms with Crippen LogP contribution in [0.2, 0.25) is 0 Å². The topological polar surface area (TPSA) is 42.1 Å². The maximum absolute atomic E-state index is 11.1. The lowest BCUT2D eigenvalue weighted by molar-refractivity contribution is 0.112. The Labute approximate surface area is 127 Å². The molecule has 0 atom stereocenters. The molecule has 0 bridgehead atoms. The van der Waals surface area contributed by atoms with Crippen molar-refractivity contribution in [1.29, 1.82) is 0 Å². The summed E-state index contributed by atoms with van der Waals surface area (Å²) in [7, 11) is 0. The van der Waals surface area contributed by atoms with Gasteiger partial charge in [0, 0.05) is 22.0 Å². The molecule has 0 spiro atoms. The Balaban J connectivity index is 2.10. The van der Waals surface area contributed by atoms with Crippen molar-refractivity contribution in [2.24, 2.45) is 0 Å². The molecule has 1 N–H and O–H groups in total. The number of ether oxygens (including phenoxy) is 1. The van der Waals surface area contributed by atoms with Crippen molar-refractivity contribution in [3.63, 3.8) is 0 Å². The molecule has 106 valence electrons. The summed E-state index contributed by atoms with van der Waals surface area (Å²) in [6.45, 7) is 0.457. The van der Waals surface area contributed by atoms with Gasteiger partial charge in [-0.1, -0.05) is 24.3 Å². The molecular formula is C17H14ClNO2. The molecule has 0 amide bonds. The van der Waals surface area contributed by atoms with Crippen molar-refractivity contribution in [1.82, 2.24) is 4.98 Å². The number of hydrogen-bond acceptors (Lipinski definition) is 2. The second-order valence-corrected chi connectivity index (χ2v) is 5.02. The van der Waals surface area contributed by atoms with Crippen LogP contribution in [0.15, 0.2) is 48.5 Å². The number of halogens is 1. The van der Waals surface area contributed by atoms with Crippen LogP contribution >= 0.6 is 11.6 Å². The van der Waals surface area contributed by atoms with Gasteiger partial charge in [-0.15, -0.1) is 11.6 Å². The second kappa shape index (κ2) is 6.02. The molecule has 4 heteroatoms. The zero-order valence-corrected chi connectivity index (χ0v) is 12.1. The van der Waals surface area contributed by atoms with E-state index in [9.17, 15) is 4.79 Å². The van der Waals surface area contributed by atoms with Crippen LogP contribution in [-0.4, -0.2) is 23.8 Å². The van der Waals surface area contributed by atoms with E-state index >= 15 is 0 Å². The first-order valence-electron chi connectivity index (χ1n) is 6.68. The van der Waals surface area contributed by atoms with Crippen molar-refractivity contribution < 1.29 is 9.53 Å². The Morgan fingerprint density at radius 3 is 2.81 bits per heavy atom. The van der Waals surface area contributed by atoms with Gasteiger partial charge in [0.15, 0.2) is 6.29 Å². The summed E-state index contributed by atoms with van der Waals surface area (Å²) in [5.74, 6) is 1.22. The predicted octanol–water partition coefficient (Wildman–Crippen LogP) is 4.27. The van der Waals surface area contributed by atoms with E-state index in [1.807, 2.05) is 48.5 Å². The smallest absolute Gasteiger partial charge is 0.150 e. The van der Waals surface area contributed by atoms with E-state index < -0.39 is 0 Å². The summed E-state index contributed by atoms with van der Waals surface area (Å²) in [6.07, 6.45) is 0.871. The quantitative estimate of drug-likeness (QED) is 0.565. The summed E-state index contributed by atoms with van der Waals surface area (Å²) in [4.78, 5) is 14.5. The van der Waals surface area contributed by atoms with Crippen LogP contribution in [0.4, 0.5) is 0 Å². The van der Waals surface area contributed by atoms with E-state index in [-0.39, 0.29) is 0 Å². The maximum Gasteiger partial charge on any atom is 0.150 e. The minimum absolute atomic E-state index is 0.441. The molecule has 0 aliphatic carbocycles. The van der Waals surface area contributed by atoms with Gasteiger partial charge in [0.05, 0.1) is 11.6 Å². The average Bonchev–Trinajstić information content (AvgIpc) is 2.97. The van der Waals surface area contributed by atoms with Crippen LogP contribution in [0.5, 0.6) is 5.75 Å². The Kier molecular flexibility index (Phi) is 3.93. The number of rotatable bonds is 5. The van der Waals surface area contributed by atoms with Gasteiger partial charge in [0.1, 0.15) is 12.4 Å². The van der Waals surface area contributed by atoms with Crippen molar-refractivity contribution in [2.75, 3.05) is 12.5 Å². The summed E-state index contributed by atoms with van der Waals surface area (Å²) < 4.78 is 5.67. The molecule has 3 aromatic rings. The Morgan fingerprint density at radius 1 is 1.14 bits per heavy atom. The number of aromatic amines is 1. The van der Waals surface area contributed by atoms with E-state index in [1.54, 1.807) is 0 Å². The first-order valence-corrected chi connectivity index (χ1v) is 7.22. The summed E-state index contributed by atoms with van der Waals surface area (Å²) in [5, 5.41) is 0.912. The third kappa shape index (κ3) is 2.65. The van der Waals surface area contributed by atoms with Gasteiger partial charge in [-0.2, -0.15) is 0 Å². The monoisotopic (exact) mass is 299 g/mol. The molecular weight excluding hydrogens is 286 g/mol. The summed E-state index contributed by atoms with van der Waals surface area (Å²) >= 11 is 5.68. The van der Waals surface area contributed by atoms with Crippen molar-refractivity contribution in [3.05, 3.63) is 54.1 Å². The molecule has 1 heterocycles. The standard InChI is InChI=1S/C17H14ClNO2/c18-8-9-21-17-7-2-1-5-13(17)16-10-14-12(11-20)4-3-6-15(14)19-16/h1-7,10-11,19H,8-9H2. The maximum atomic E-state index is 11.1. The van der Waals surface area contributed by atoms with Gasteiger partial charge >= 0.3 is 0 Å². The third-order valence-electron chi connectivity index (χ3n) is 3.34. The Hall–Kier alpha value is -2.26. The number of H-pyrrole nitrogens is 1. The second-order valence-electron chi connectivity index (χ2n) is 4.64. The highest BCUT2D eigenvalue weighted by atomic mass is 35.5. The minimum atomic E-state index is 0.441. The molecule has 0 fully saturated rings. The van der Waals surface area contributed by atoms with Crippen molar-refractivity contribution in [3.8, 4) is 17.0 Å². The van der Waals surface area contributed by atoms with Gasteiger partial charge in [0.25, 0.3) is 0 Å². The number of para-hydroxylation sites is 1. The molecule has 0 saturated heterocycles. The van der Waals surface area contributed by atoms with Gasteiger partial charge < -0.3 is 9.72 Å². The fraction of sp³-hybridized carbons (Fsp3) is 0.118. The number of hydrogen-bond donors (Lipinski definition) is 1. The first-order chi connectivity index (χ1) is 10.3. The number of aromatic nitrogens is 1. The van der Waals surface area contributed by atoms with Crippen LogP contribution in [0.3, 0.4) is 0 Å². The number of carbonyl (C=O) groups excluding carboxylic acids is 1. The van der Waals surface area contributed by atoms with Gasteiger partial charge in [-0.3, -0.25) is 4.79 Å². The highest BCUT2D eigenvalue weighted by molar-refractivity contribution is 6.18. The Bertz CT molecular complexity index is 779. The number of alkyl halides is 1. The SMILES string of the molecule is O=Cc1cccc2[nH]c(-c3ccccc3OCCCl)cc12. The first kappa shape index (κ1) is 13.7. The lowest BCUT2D eigenvalue weighted by Crippen LogP contribution is -1.99. The summed E-state index contributed by atoms with van der Waals surface area (Å²) in [6, 6.07) is 15.4. The number of carbonyl (C=O) groups is 1. The normalized spacial score (nSPS) is 10.7. The lowest BCUT2D eigenvalue weighted by Gasteiger charge is -2.08. The van der Waals surface area contributed by atoms with E-state index in [2.05, 4.69) is 4.98 Å². The van der Waals surface area contributed by atoms with Gasteiger partial charge in [0.2, 0.25) is 0 Å². The molecule has 0 radical (unpaired) electrons. The number of aldehydes is 1. The zero-order valence-electron chi connectivity index (χ0n) is 11.3. The molecule has 0 saturated carbocycles. The highest BCUT2D eigenvalue weighted by Gasteiger charge is 2.10. The van der Waals surface area contributed by atoms with E-state index in [0.717, 1.165) is 34.2 Å². The fourth-order valence-electron chi connectivity index (χ4n) is 2.39. The minimum Gasteiger partial charge on any atom is -0.492 e. The number of benzene rings is 2. The van der Waals surface area contributed by atoms with E-state index in [0.29, 0.717) is 18.1 Å². The molecule has 2 aromatic carbocycles. The fourth-order valence-corrected chi connectivity index (χ4v) is 2.47. The zero-order chi connectivity index (χ0) is 14.7. The third-order valence-corrected chi connectivity index (χ3v) is 3.49. The van der Waals surface area contributed by atoms with Crippen molar-refractivity contribution in [2.45, 2.75) is 0 Å². The average molecular weight is 300 g/mol. The van der Waals surface area contributed by atoms with Crippen LogP contribution in [0.25, 0.3) is 22.2 Å². The molecule has 3 rings (SSSR count). The van der Waals surface area contributed by atoms with Crippen LogP contribution in [0, 0.1) is 0 Å². The lowest BCUT2D eigenvalue weighted by atomic mass is 10.1. The number of nitrogens with one attached hydrogen (secondary N) is 1. The molecule has 21 heavy (non-hydrogen) atoms. The highest BCUT2D eigenvalue weighted by Crippen LogP contribution is 2.32. The van der Waals surface area contributed by atoms with E-state index in [4.69, 9.17) is 16.3 Å². The Morgan fingerprint density at radius 2 is 2.00 bits per heavy atom. The molecule has 0 unspecified atom stereocenters. The van der Waals surface area contributed by atoms with Gasteiger partial charge in [-0.25, -0.2) is 0 Å². The van der Waals surface area contributed by atoms with E-state index in [1.165, 1.54) is 0 Å². The molecule has 0 aliphatic heterocycles. The number of fused-ring (bicyclic) bond motifs is 1. The molecule has 3 nitrogen and oxygen atoms in total. The van der Waals surface area contributed by atoms with Crippen LogP contribution in [0.1, 0.15) is 10.4 Å². The summed E-state index contributed by atoms with van der Waals surface area (Å²) in [5.41, 5.74) is 3.48. The molecule has 1 aromatic heterocycles. The van der Waals surface area contributed by atoms with Crippen LogP contribution in [-0.2, 0) is 0 Å². The largest absolute Gasteiger partial charge is 0.492 e. The van der Waals surface area contributed by atoms with Crippen molar-refractivity contribution >= 4 is 28.8 Å². The molecule has 0 aliphatic rings. The van der Waals surface area contributed by atoms with Crippen LogP contribution < -0.4 is 4.74 Å².